The monoisotopic (exact) mass is 307 g/mol. The van der Waals surface area contributed by atoms with Crippen molar-refractivity contribution in [2.24, 2.45) is 0 Å². The van der Waals surface area contributed by atoms with Crippen LogP contribution in [0.3, 0.4) is 0 Å². The number of methoxy groups -OCH3 is 1. The molecular weight excluding hydrogens is 288 g/mol. The number of aliphatic carboxylic acids is 1. The fourth-order valence-corrected chi connectivity index (χ4v) is 2.40. The molecule has 1 aromatic carbocycles. The second-order valence-electron chi connectivity index (χ2n) is 4.90. The average molecular weight is 307 g/mol. The molecule has 0 aliphatic carbocycles. The molecule has 1 amide bonds. The number of piperazine rings is 1. The molecule has 22 heavy (non-hydrogen) atoms. The predicted molar refractivity (Wildman–Crippen MR) is 77.6 cm³/mol. The highest BCUT2D eigenvalue weighted by Gasteiger charge is 2.22. The quantitative estimate of drug-likeness (QED) is 0.678. The van der Waals surface area contributed by atoms with Gasteiger partial charge < -0.3 is 29.2 Å². The molecule has 0 radical (unpaired) electrons. The zero-order chi connectivity index (χ0) is 15.9. The van der Waals surface area contributed by atoms with Crippen molar-refractivity contribution in [2.45, 2.75) is 0 Å². The van der Waals surface area contributed by atoms with E-state index in [1.54, 1.807) is 12.0 Å². The number of carboxylic acids is 1. The summed E-state index contributed by atoms with van der Waals surface area (Å²) in [4.78, 5) is 26.0. The van der Waals surface area contributed by atoms with Gasteiger partial charge in [-0.15, -0.1) is 0 Å². The third kappa shape index (κ3) is 4.11. The van der Waals surface area contributed by atoms with Crippen LogP contribution in [0.1, 0.15) is 0 Å². The Morgan fingerprint density at radius 2 is 1.82 bits per heavy atom. The van der Waals surface area contributed by atoms with Crippen LogP contribution in [0.15, 0.2) is 24.3 Å². The van der Waals surface area contributed by atoms with Gasteiger partial charge in [-0.3, -0.25) is 4.79 Å². The lowest BCUT2D eigenvalue weighted by Crippen LogP contribution is -2.50. The number of anilines is 1. The molecule has 0 atom stereocenters. The van der Waals surface area contributed by atoms with Gasteiger partial charge in [-0.1, -0.05) is 12.1 Å². The molecular formula is C15H19N2O5-. The topological polar surface area (TPSA) is 82.1 Å². The predicted octanol–water partition coefficient (Wildman–Crippen LogP) is -0.890. The number of carboxylic acid groups (broad SMARTS) is 1. The van der Waals surface area contributed by atoms with E-state index in [-0.39, 0.29) is 12.5 Å². The molecule has 7 heteroatoms. The zero-order valence-corrected chi connectivity index (χ0v) is 12.5. The normalized spacial score (nSPS) is 14.8. The van der Waals surface area contributed by atoms with Gasteiger partial charge in [-0.2, -0.15) is 0 Å². The van der Waals surface area contributed by atoms with Crippen molar-refractivity contribution in [3.63, 3.8) is 0 Å². The molecule has 1 aliphatic heterocycles. The first-order chi connectivity index (χ1) is 10.6. The van der Waals surface area contributed by atoms with Crippen molar-refractivity contribution in [3.05, 3.63) is 24.3 Å². The summed E-state index contributed by atoms with van der Waals surface area (Å²) in [6, 6.07) is 7.75. The van der Waals surface area contributed by atoms with Crippen LogP contribution in [-0.2, 0) is 14.3 Å². The summed E-state index contributed by atoms with van der Waals surface area (Å²) < 4.78 is 10.1. The van der Waals surface area contributed by atoms with E-state index < -0.39 is 12.6 Å². The van der Waals surface area contributed by atoms with Crippen LogP contribution in [0, 0.1) is 0 Å². The minimum absolute atomic E-state index is 0.207. The van der Waals surface area contributed by atoms with Crippen LogP contribution in [0.25, 0.3) is 0 Å². The van der Waals surface area contributed by atoms with Gasteiger partial charge in [-0.25, -0.2) is 0 Å². The molecule has 0 saturated carbocycles. The van der Waals surface area contributed by atoms with Crippen molar-refractivity contribution < 1.29 is 24.2 Å². The summed E-state index contributed by atoms with van der Waals surface area (Å²) in [7, 11) is 1.63. The summed E-state index contributed by atoms with van der Waals surface area (Å²) in [5.74, 6) is -0.728. The number of hydrogen-bond acceptors (Lipinski definition) is 6. The lowest BCUT2D eigenvalue weighted by atomic mass is 10.2. The number of nitrogens with zero attached hydrogens (tertiary/aromatic N) is 2. The Balaban J connectivity index is 1.85. The average Bonchev–Trinajstić information content (AvgIpc) is 2.54. The minimum Gasteiger partial charge on any atom is -0.548 e. The highest BCUT2D eigenvalue weighted by molar-refractivity contribution is 5.78. The molecule has 2 rings (SSSR count). The third-order valence-corrected chi connectivity index (χ3v) is 3.50. The number of carbonyl (C=O) groups is 2. The van der Waals surface area contributed by atoms with Gasteiger partial charge in [0.15, 0.2) is 0 Å². The van der Waals surface area contributed by atoms with Gasteiger partial charge in [0.25, 0.3) is 0 Å². The molecule has 0 bridgehead atoms. The molecule has 0 unspecified atom stereocenters. The van der Waals surface area contributed by atoms with Crippen molar-refractivity contribution in [3.8, 4) is 5.75 Å². The number of rotatable bonds is 6. The van der Waals surface area contributed by atoms with Crippen LogP contribution >= 0.6 is 0 Å². The maximum atomic E-state index is 11.9. The van der Waals surface area contributed by atoms with E-state index in [9.17, 15) is 14.7 Å². The Kier molecular flexibility index (Phi) is 5.60. The fraction of sp³-hybridized carbons (Fsp3) is 0.467. The van der Waals surface area contributed by atoms with Crippen LogP contribution < -0.4 is 14.7 Å². The Morgan fingerprint density at radius 3 is 2.45 bits per heavy atom. The highest BCUT2D eigenvalue weighted by atomic mass is 16.5. The molecule has 120 valence electrons. The Morgan fingerprint density at radius 1 is 1.14 bits per heavy atom. The fourth-order valence-electron chi connectivity index (χ4n) is 2.40. The summed E-state index contributed by atoms with van der Waals surface area (Å²) >= 11 is 0. The molecule has 0 aromatic heterocycles. The van der Waals surface area contributed by atoms with Crippen LogP contribution in [-0.4, -0.2) is 63.3 Å². The lowest BCUT2D eigenvalue weighted by molar-refractivity contribution is -0.309. The van der Waals surface area contributed by atoms with Gasteiger partial charge in [-0.05, 0) is 12.1 Å². The van der Waals surface area contributed by atoms with Crippen LogP contribution in [0.4, 0.5) is 5.69 Å². The SMILES string of the molecule is COc1ccccc1N1CCN(C(=O)COCC(=O)[O-])CC1. The third-order valence-electron chi connectivity index (χ3n) is 3.50. The summed E-state index contributed by atoms with van der Waals surface area (Å²) in [5.41, 5.74) is 1.00. The number of para-hydroxylation sites is 2. The maximum absolute atomic E-state index is 11.9. The molecule has 7 nitrogen and oxygen atoms in total. The van der Waals surface area contributed by atoms with Gasteiger partial charge in [0.05, 0.1) is 25.4 Å². The van der Waals surface area contributed by atoms with Gasteiger partial charge in [0.1, 0.15) is 12.4 Å². The van der Waals surface area contributed by atoms with Crippen molar-refractivity contribution >= 4 is 17.6 Å². The van der Waals surface area contributed by atoms with Crippen molar-refractivity contribution in [1.29, 1.82) is 0 Å². The first-order valence-electron chi connectivity index (χ1n) is 7.05. The summed E-state index contributed by atoms with van der Waals surface area (Å²) in [6.45, 7) is 1.70. The number of benzene rings is 1. The molecule has 1 fully saturated rings. The molecule has 1 heterocycles. The Bertz CT molecular complexity index is 526. The number of ether oxygens (including phenoxy) is 2. The largest absolute Gasteiger partial charge is 0.548 e. The maximum Gasteiger partial charge on any atom is 0.248 e. The first kappa shape index (κ1) is 16.1. The van der Waals surface area contributed by atoms with Crippen LogP contribution in [0.5, 0.6) is 5.75 Å². The van der Waals surface area contributed by atoms with E-state index in [0.29, 0.717) is 26.2 Å². The first-order valence-corrected chi connectivity index (χ1v) is 7.05. The minimum atomic E-state index is -1.33. The summed E-state index contributed by atoms with van der Waals surface area (Å²) in [5, 5.41) is 10.2. The second-order valence-corrected chi connectivity index (χ2v) is 4.90. The van der Waals surface area contributed by atoms with E-state index in [4.69, 9.17) is 9.47 Å². The van der Waals surface area contributed by atoms with E-state index in [1.807, 2.05) is 24.3 Å². The van der Waals surface area contributed by atoms with Gasteiger partial charge >= 0.3 is 0 Å². The molecule has 1 aromatic rings. The van der Waals surface area contributed by atoms with E-state index in [2.05, 4.69) is 4.90 Å². The molecule has 0 spiro atoms. The van der Waals surface area contributed by atoms with Gasteiger partial charge in [0.2, 0.25) is 5.91 Å². The van der Waals surface area contributed by atoms with Gasteiger partial charge in [0, 0.05) is 26.2 Å². The Labute approximate surface area is 129 Å². The summed E-state index contributed by atoms with van der Waals surface area (Å²) in [6.07, 6.45) is 0. The molecule has 1 aliphatic rings. The van der Waals surface area contributed by atoms with E-state index in [0.717, 1.165) is 11.4 Å². The second kappa shape index (κ2) is 7.65. The Hall–Kier alpha value is -2.28. The van der Waals surface area contributed by atoms with Crippen molar-refractivity contribution in [2.75, 3.05) is 51.4 Å². The smallest absolute Gasteiger partial charge is 0.248 e. The number of hydrogen-bond donors (Lipinski definition) is 0. The molecule has 0 N–H and O–H groups in total. The number of amides is 1. The molecule has 1 saturated heterocycles. The lowest BCUT2D eigenvalue weighted by Gasteiger charge is -2.36. The standard InChI is InChI=1S/C15H20N2O5/c1-21-13-5-3-2-4-12(13)16-6-8-17(9-7-16)14(18)10-22-11-15(19)20/h2-5H,6-11H2,1H3,(H,19,20)/p-1. The van der Waals surface area contributed by atoms with Crippen LogP contribution in [0.2, 0.25) is 0 Å². The number of carbonyl (C=O) groups excluding carboxylic acids is 2. The zero-order valence-electron chi connectivity index (χ0n) is 12.5. The highest BCUT2D eigenvalue weighted by Crippen LogP contribution is 2.28. The van der Waals surface area contributed by atoms with E-state index >= 15 is 0 Å². The van der Waals surface area contributed by atoms with Crippen molar-refractivity contribution in [1.82, 2.24) is 4.90 Å². The van der Waals surface area contributed by atoms with E-state index in [1.165, 1.54) is 0 Å².